The first-order valence-electron chi connectivity index (χ1n) is 6.72. The number of halogens is 1. The number of nitrogens with two attached hydrogens (primary N) is 1. The van der Waals surface area contributed by atoms with E-state index in [0.29, 0.717) is 0 Å². The highest BCUT2D eigenvalue weighted by atomic mass is 79.9. The number of benzene rings is 2. The van der Waals surface area contributed by atoms with Gasteiger partial charge in [-0.25, -0.2) is 0 Å². The third kappa shape index (κ3) is 3.06. The van der Waals surface area contributed by atoms with E-state index in [2.05, 4.69) is 22.0 Å². The maximum Gasteiger partial charge on any atom is 0.127 e. The van der Waals surface area contributed by atoms with Crippen molar-refractivity contribution in [3.05, 3.63) is 57.1 Å². The molecule has 0 aliphatic rings. The van der Waals surface area contributed by atoms with Gasteiger partial charge in [-0.3, -0.25) is 0 Å². The molecule has 4 heteroatoms. The molecule has 3 nitrogen and oxygen atoms in total. The van der Waals surface area contributed by atoms with E-state index in [0.717, 1.165) is 38.2 Å². The van der Waals surface area contributed by atoms with Gasteiger partial charge in [-0.05, 0) is 48.7 Å². The predicted molar refractivity (Wildman–Crippen MR) is 89.2 cm³/mol. The van der Waals surface area contributed by atoms with Gasteiger partial charge >= 0.3 is 0 Å². The molecule has 2 aromatic carbocycles. The molecule has 0 fully saturated rings. The summed E-state index contributed by atoms with van der Waals surface area (Å²) in [5.74, 6) is 1.64. The minimum atomic E-state index is -0.272. The van der Waals surface area contributed by atoms with Crippen molar-refractivity contribution in [2.24, 2.45) is 5.73 Å². The lowest BCUT2D eigenvalue weighted by Gasteiger charge is -2.22. The average molecular weight is 350 g/mol. The highest BCUT2D eigenvalue weighted by molar-refractivity contribution is 9.10. The molecular weight excluding hydrogens is 330 g/mol. The number of hydrogen-bond acceptors (Lipinski definition) is 3. The van der Waals surface area contributed by atoms with Gasteiger partial charge in [-0.15, -0.1) is 0 Å². The second-order valence-electron chi connectivity index (χ2n) is 5.00. The van der Waals surface area contributed by atoms with E-state index < -0.39 is 0 Å². The third-order valence-electron chi connectivity index (χ3n) is 3.68. The van der Waals surface area contributed by atoms with Gasteiger partial charge in [0.2, 0.25) is 0 Å². The van der Waals surface area contributed by atoms with Crippen molar-refractivity contribution < 1.29 is 9.47 Å². The number of rotatable bonds is 4. The zero-order valence-corrected chi connectivity index (χ0v) is 14.3. The van der Waals surface area contributed by atoms with Crippen LogP contribution in [0.15, 0.2) is 34.8 Å². The SMILES string of the molecule is COc1cccc(C(N)c2c(C)c(Br)cc(C)c2OC)c1. The lowest BCUT2D eigenvalue weighted by atomic mass is 9.93. The van der Waals surface area contributed by atoms with Crippen molar-refractivity contribution >= 4 is 15.9 Å². The Morgan fingerprint density at radius 1 is 1.10 bits per heavy atom. The average Bonchev–Trinajstić information content (AvgIpc) is 2.50. The molecule has 0 spiro atoms. The summed E-state index contributed by atoms with van der Waals surface area (Å²) >= 11 is 3.59. The van der Waals surface area contributed by atoms with Crippen LogP contribution in [-0.2, 0) is 0 Å². The Bertz CT molecular complexity index is 655. The molecule has 0 saturated carbocycles. The van der Waals surface area contributed by atoms with Crippen LogP contribution >= 0.6 is 15.9 Å². The van der Waals surface area contributed by atoms with Crippen molar-refractivity contribution in [1.29, 1.82) is 0 Å². The minimum absolute atomic E-state index is 0.272. The van der Waals surface area contributed by atoms with E-state index in [1.165, 1.54) is 0 Å². The Morgan fingerprint density at radius 3 is 2.43 bits per heavy atom. The van der Waals surface area contributed by atoms with Crippen LogP contribution in [0.2, 0.25) is 0 Å². The monoisotopic (exact) mass is 349 g/mol. The number of methoxy groups -OCH3 is 2. The van der Waals surface area contributed by atoms with E-state index >= 15 is 0 Å². The van der Waals surface area contributed by atoms with Crippen LogP contribution in [0, 0.1) is 13.8 Å². The molecule has 2 N–H and O–H groups in total. The molecule has 0 aliphatic heterocycles. The van der Waals surface area contributed by atoms with Gasteiger partial charge in [0.15, 0.2) is 0 Å². The minimum Gasteiger partial charge on any atom is -0.497 e. The van der Waals surface area contributed by atoms with E-state index in [-0.39, 0.29) is 6.04 Å². The largest absolute Gasteiger partial charge is 0.497 e. The number of aryl methyl sites for hydroxylation is 1. The molecule has 112 valence electrons. The summed E-state index contributed by atoms with van der Waals surface area (Å²) in [6, 6.07) is 9.59. The van der Waals surface area contributed by atoms with Crippen molar-refractivity contribution in [2.45, 2.75) is 19.9 Å². The molecule has 0 radical (unpaired) electrons. The van der Waals surface area contributed by atoms with E-state index in [1.54, 1.807) is 14.2 Å². The summed E-state index contributed by atoms with van der Waals surface area (Å²) in [6.07, 6.45) is 0. The molecule has 21 heavy (non-hydrogen) atoms. The zero-order valence-electron chi connectivity index (χ0n) is 12.7. The quantitative estimate of drug-likeness (QED) is 0.902. The lowest BCUT2D eigenvalue weighted by Crippen LogP contribution is -2.15. The molecule has 0 aliphatic carbocycles. The fourth-order valence-electron chi connectivity index (χ4n) is 2.52. The Morgan fingerprint density at radius 2 is 1.81 bits per heavy atom. The van der Waals surface area contributed by atoms with Gasteiger partial charge in [-0.1, -0.05) is 28.1 Å². The van der Waals surface area contributed by atoms with Crippen molar-refractivity contribution in [2.75, 3.05) is 14.2 Å². The highest BCUT2D eigenvalue weighted by Gasteiger charge is 2.20. The van der Waals surface area contributed by atoms with Crippen molar-refractivity contribution in [1.82, 2.24) is 0 Å². The first-order valence-corrected chi connectivity index (χ1v) is 7.52. The topological polar surface area (TPSA) is 44.5 Å². The van der Waals surface area contributed by atoms with Gasteiger partial charge < -0.3 is 15.2 Å². The predicted octanol–water partition coefficient (Wildman–Crippen LogP) is 4.13. The molecular formula is C17H20BrNO2. The van der Waals surface area contributed by atoms with Gasteiger partial charge in [0.1, 0.15) is 11.5 Å². The highest BCUT2D eigenvalue weighted by Crippen LogP contribution is 2.38. The normalized spacial score (nSPS) is 12.1. The zero-order chi connectivity index (χ0) is 15.6. The van der Waals surface area contributed by atoms with E-state index in [1.807, 2.05) is 38.1 Å². The lowest BCUT2D eigenvalue weighted by molar-refractivity contribution is 0.403. The summed E-state index contributed by atoms with van der Waals surface area (Å²) in [7, 11) is 3.33. The fraction of sp³-hybridized carbons (Fsp3) is 0.294. The Kier molecular flexibility index (Phi) is 4.91. The summed E-state index contributed by atoms with van der Waals surface area (Å²) in [5, 5.41) is 0. The molecule has 1 unspecified atom stereocenters. The van der Waals surface area contributed by atoms with Gasteiger partial charge in [0.25, 0.3) is 0 Å². The van der Waals surface area contributed by atoms with E-state index in [4.69, 9.17) is 15.2 Å². The summed E-state index contributed by atoms with van der Waals surface area (Å²) < 4.78 is 11.9. The number of hydrogen-bond donors (Lipinski definition) is 1. The summed E-state index contributed by atoms with van der Waals surface area (Å²) in [5.41, 5.74) is 10.6. The maximum absolute atomic E-state index is 6.50. The second kappa shape index (κ2) is 6.50. The molecule has 2 aromatic rings. The van der Waals surface area contributed by atoms with Crippen LogP contribution in [0.4, 0.5) is 0 Å². The van der Waals surface area contributed by atoms with Crippen LogP contribution < -0.4 is 15.2 Å². The molecule has 0 saturated heterocycles. The molecule has 1 atom stereocenters. The van der Waals surface area contributed by atoms with Crippen LogP contribution in [0.1, 0.15) is 28.3 Å². The maximum atomic E-state index is 6.50. The van der Waals surface area contributed by atoms with Gasteiger partial charge in [0.05, 0.1) is 20.3 Å². The summed E-state index contributed by atoms with van der Waals surface area (Å²) in [6.45, 7) is 4.06. The molecule has 0 heterocycles. The molecule has 0 bridgehead atoms. The first kappa shape index (κ1) is 15.9. The van der Waals surface area contributed by atoms with Gasteiger partial charge in [-0.2, -0.15) is 0 Å². The summed E-state index contributed by atoms with van der Waals surface area (Å²) in [4.78, 5) is 0. The fourth-order valence-corrected chi connectivity index (χ4v) is 3.08. The van der Waals surface area contributed by atoms with Crippen LogP contribution in [0.3, 0.4) is 0 Å². The Hall–Kier alpha value is -1.52. The Balaban J connectivity index is 2.59. The van der Waals surface area contributed by atoms with Crippen molar-refractivity contribution in [3.8, 4) is 11.5 Å². The smallest absolute Gasteiger partial charge is 0.127 e. The first-order chi connectivity index (χ1) is 9.99. The van der Waals surface area contributed by atoms with Crippen LogP contribution in [-0.4, -0.2) is 14.2 Å². The molecule has 0 aromatic heterocycles. The number of ether oxygens (including phenoxy) is 2. The Labute approximate surface area is 134 Å². The third-order valence-corrected chi connectivity index (χ3v) is 4.50. The molecule has 0 amide bonds. The van der Waals surface area contributed by atoms with Crippen LogP contribution in [0.25, 0.3) is 0 Å². The van der Waals surface area contributed by atoms with Crippen LogP contribution in [0.5, 0.6) is 11.5 Å². The standard InChI is InChI=1S/C17H20BrNO2/c1-10-8-14(18)11(2)15(17(10)21-4)16(19)12-6-5-7-13(9-12)20-3/h5-9,16H,19H2,1-4H3. The van der Waals surface area contributed by atoms with Crippen molar-refractivity contribution in [3.63, 3.8) is 0 Å². The van der Waals surface area contributed by atoms with Gasteiger partial charge in [0, 0.05) is 10.0 Å². The van der Waals surface area contributed by atoms with E-state index in [9.17, 15) is 0 Å². The molecule has 2 rings (SSSR count). The second-order valence-corrected chi connectivity index (χ2v) is 5.86.